The molecule has 0 aliphatic heterocycles. The lowest BCUT2D eigenvalue weighted by atomic mass is 9.82. The van der Waals surface area contributed by atoms with Crippen LogP contribution in [0.4, 0.5) is 0 Å². The van der Waals surface area contributed by atoms with Crippen molar-refractivity contribution in [1.29, 1.82) is 0 Å². The van der Waals surface area contributed by atoms with E-state index < -0.39 is 113 Å². The Balaban J connectivity index is 1.25. The molecule has 0 N–H and O–H groups in total. The largest absolute Gasteiger partial charge is 0.455 e. The van der Waals surface area contributed by atoms with Crippen LogP contribution in [0.2, 0.25) is 0 Å². The normalized spacial score (nSPS) is 17.2. The average Bonchev–Trinajstić information content (AvgIpc) is 3.98. The summed E-state index contributed by atoms with van der Waals surface area (Å²) in [6.45, 7) is 4.32. The number of hydrogen-bond acceptors (Lipinski definition) is 4. The van der Waals surface area contributed by atoms with E-state index in [0.717, 1.165) is 37.0 Å². The second kappa shape index (κ2) is 11.3. The van der Waals surface area contributed by atoms with E-state index >= 15 is 0 Å². The van der Waals surface area contributed by atoms with Crippen molar-refractivity contribution in [3.05, 3.63) is 168 Å². The first-order valence-corrected chi connectivity index (χ1v) is 17.7. The number of fused-ring (bicyclic) bond motifs is 9. The summed E-state index contributed by atoms with van der Waals surface area (Å²) < 4.78 is 141. The summed E-state index contributed by atoms with van der Waals surface area (Å²) >= 11 is 1.48. The van der Waals surface area contributed by atoms with Gasteiger partial charge in [0.25, 0.3) is 0 Å². The Morgan fingerprint density at radius 2 is 1.30 bits per heavy atom. The number of aromatic nitrogens is 2. The molecule has 53 heavy (non-hydrogen) atoms. The first-order valence-electron chi connectivity index (χ1n) is 24.4. The number of rotatable bonds is 4. The summed E-state index contributed by atoms with van der Waals surface area (Å²) in [6, 6.07) is 11.4. The van der Waals surface area contributed by atoms with Crippen molar-refractivity contribution in [3.63, 3.8) is 0 Å². The van der Waals surface area contributed by atoms with Gasteiger partial charge in [0.2, 0.25) is 0 Å². The van der Waals surface area contributed by atoms with Gasteiger partial charge in [-0.2, -0.15) is 0 Å². The maximum Gasteiger partial charge on any atom is 0.161 e. The Kier molecular flexibility index (Phi) is 4.04. The molecule has 0 spiro atoms. The molecule has 1 aliphatic rings. The molecule has 1 aliphatic carbocycles. The minimum atomic E-state index is -0.813. The fourth-order valence-corrected chi connectivity index (χ4v) is 8.66. The highest BCUT2D eigenvalue weighted by Crippen LogP contribution is 2.50. The fraction of sp³-hybridized carbons (Fsp3) is 0.0612. The van der Waals surface area contributed by atoms with Gasteiger partial charge >= 0.3 is 0 Å². The highest BCUT2D eigenvalue weighted by atomic mass is 32.1. The molecule has 0 bridgehead atoms. The van der Waals surface area contributed by atoms with Crippen LogP contribution in [0.3, 0.4) is 0 Å². The van der Waals surface area contributed by atoms with Crippen LogP contribution < -0.4 is 0 Å². The summed E-state index contributed by atoms with van der Waals surface area (Å²) in [6.07, 6.45) is 0. The minimum Gasteiger partial charge on any atom is -0.455 e. The van der Waals surface area contributed by atoms with Crippen LogP contribution in [0.15, 0.2) is 162 Å². The zero-order chi connectivity index (χ0) is 48.3. The van der Waals surface area contributed by atoms with Crippen LogP contribution in [-0.2, 0) is 5.41 Å². The smallest absolute Gasteiger partial charge is 0.161 e. The molecule has 0 radical (unpaired) electrons. The van der Waals surface area contributed by atoms with E-state index in [9.17, 15) is 6.85 Å². The van der Waals surface area contributed by atoms with E-state index in [1.807, 2.05) is 42.5 Å². The van der Waals surface area contributed by atoms with Crippen molar-refractivity contribution in [1.82, 2.24) is 9.97 Å². The van der Waals surface area contributed by atoms with Gasteiger partial charge in [0.05, 0.1) is 36.5 Å². The molecule has 10 aromatic rings. The number of thiophene rings is 1. The third-order valence-electron chi connectivity index (χ3n) is 10.0. The molecule has 3 heterocycles. The molecule has 0 fully saturated rings. The van der Waals surface area contributed by atoms with Crippen LogP contribution in [0.5, 0.6) is 0 Å². The van der Waals surface area contributed by atoms with Gasteiger partial charge in [0, 0.05) is 43.0 Å². The highest BCUT2D eigenvalue weighted by molar-refractivity contribution is 7.26. The van der Waals surface area contributed by atoms with Crippen LogP contribution in [0.25, 0.3) is 98.3 Å². The van der Waals surface area contributed by atoms with Crippen LogP contribution >= 0.6 is 11.3 Å². The summed E-state index contributed by atoms with van der Waals surface area (Å²) in [7, 11) is 0. The molecule has 11 rings (SSSR count). The summed E-state index contributed by atoms with van der Waals surface area (Å²) in [5.41, 5.74) is 2.80. The third-order valence-corrected chi connectivity index (χ3v) is 11.2. The summed E-state index contributed by atoms with van der Waals surface area (Å²) in [5, 5.41) is 0.447. The van der Waals surface area contributed by atoms with E-state index in [1.165, 1.54) is 16.9 Å². The molecule has 4 heteroatoms. The zero-order valence-electron chi connectivity index (χ0n) is 43.1. The zero-order valence-corrected chi connectivity index (χ0v) is 28.9. The van der Waals surface area contributed by atoms with E-state index in [-0.39, 0.29) is 38.7 Å². The van der Waals surface area contributed by atoms with Crippen molar-refractivity contribution in [2.45, 2.75) is 19.3 Å². The molecule has 0 saturated carbocycles. The maximum atomic E-state index is 9.80. The van der Waals surface area contributed by atoms with Crippen molar-refractivity contribution in [2.75, 3.05) is 0 Å². The lowest BCUT2D eigenvalue weighted by molar-refractivity contribution is 0.660. The molecule has 3 nitrogen and oxygen atoms in total. The number of hydrogen-bond donors (Lipinski definition) is 0. The van der Waals surface area contributed by atoms with E-state index in [0.29, 0.717) is 11.2 Å². The second-order valence-corrected chi connectivity index (χ2v) is 14.4. The third kappa shape index (κ3) is 4.52. The Morgan fingerprint density at radius 1 is 0.585 bits per heavy atom. The Bertz CT molecular complexity index is 3910. The predicted octanol–water partition coefficient (Wildman–Crippen LogP) is 13.7. The Labute approximate surface area is 331 Å². The topological polar surface area (TPSA) is 38.9 Å². The number of furan rings is 1. The number of nitrogens with zero attached hydrogens (tertiary/aromatic N) is 2. The van der Waals surface area contributed by atoms with Crippen molar-refractivity contribution in [3.8, 4) is 56.0 Å². The van der Waals surface area contributed by atoms with Gasteiger partial charge in [0.1, 0.15) is 11.2 Å². The van der Waals surface area contributed by atoms with Crippen molar-refractivity contribution >= 4 is 53.6 Å². The Morgan fingerprint density at radius 3 is 2.19 bits per heavy atom. The first kappa shape index (κ1) is 18.9. The highest BCUT2D eigenvalue weighted by Gasteiger charge is 2.35. The summed E-state index contributed by atoms with van der Waals surface area (Å²) in [5.74, 6) is -0.0830. The van der Waals surface area contributed by atoms with Gasteiger partial charge in [0.15, 0.2) is 5.82 Å². The molecule has 250 valence electrons. The van der Waals surface area contributed by atoms with Gasteiger partial charge < -0.3 is 4.42 Å². The fourth-order valence-electron chi connectivity index (χ4n) is 7.51. The Hall–Kier alpha value is -6.36. The lowest BCUT2D eigenvalue weighted by Gasteiger charge is -2.22. The van der Waals surface area contributed by atoms with Gasteiger partial charge in [-0.1, -0.05) is 141 Å². The lowest BCUT2D eigenvalue weighted by Crippen LogP contribution is -2.14. The van der Waals surface area contributed by atoms with Gasteiger partial charge in [-0.3, -0.25) is 0 Å². The van der Waals surface area contributed by atoms with Crippen molar-refractivity contribution < 1.29 is 25.0 Å². The molecular formula is C49H32N2OS. The minimum absolute atomic E-state index is 0.0830. The van der Waals surface area contributed by atoms with Crippen LogP contribution in [-0.4, -0.2) is 9.97 Å². The molecule has 0 amide bonds. The molecular weight excluding hydrogens is 665 g/mol. The average molecular weight is 712 g/mol. The number of benzene rings is 7. The number of para-hydroxylation sites is 1. The molecule has 0 saturated heterocycles. The monoisotopic (exact) mass is 711 g/mol. The van der Waals surface area contributed by atoms with E-state index in [4.69, 9.17) is 28.1 Å². The predicted molar refractivity (Wildman–Crippen MR) is 222 cm³/mol. The second-order valence-electron chi connectivity index (χ2n) is 13.4. The van der Waals surface area contributed by atoms with Crippen molar-refractivity contribution in [2.24, 2.45) is 0 Å². The van der Waals surface area contributed by atoms with Gasteiger partial charge in [-0.05, 0) is 69.2 Å². The molecule has 0 unspecified atom stereocenters. The molecule has 0 atom stereocenters. The molecule has 3 aromatic heterocycles. The van der Waals surface area contributed by atoms with E-state index in [2.05, 4.69) is 38.1 Å². The van der Waals surface area contributed by atoms with Crippen LogP contribution in [0.1, 0.15) is 45.5 Å². The van der Waals surface area contributed by atoms with Gasteiger partial charge in [-0.15, -0.1) is 11.3 Å². The quantitative estimate of drug-likeness (QED) is 0.182. The van der Waals surface area contributed by atoms with Crippen LogP contribution in [0, 0.1) is 0 Å². The summed E-state index contributed by atoms with van der Waals surface area (Å²) in [4.78, 5) is 10.3. The first-order chi connectivity index (χ1) is 32.3. The van der Waals surface area contributed by atoms with E-state index in [1.54, 1.807) is 0 Å². The SMILES string of the molecule is [2H]c1c([2H])c([2H])c(-c2c([2H])c([2H])c(-c3c([2H])c([2H])c(-c4nc(-c5ccc6c(c5)C(C)(C)c5ccccc5-6)c5sc6ccccc6c5n4)c4c3oc3c([2H])c([2H])c([2H])c([2H])c34)c([2H])c2[2H])c([2H])c1[2H]. The standard InChI is InChI=1S/C49H32N2OS/c1-49(2)39-17-9-6-14-34(39)35-25-24-32(28-40(35)49)44-47-45(37-16-8-11-19-42(37)53-47)51-48(50-44)38-27-26-33(46-43(38)36-15-7-10-18-41(36)52-46)31-22-20-30(21-23-31)29-12-4-3-5-13-29/h3-28H,1-2H3/i3D,4D,5D,7D,10D,12D,13D,15D,18D,20D,21D,22D,23D,26D,27D. The molecule has 7 aromatic carbocycles. The van der Waals surface area contributed by atoms with Gasteiger partial charge in [-0.25, -0.2) is 9.97 Å². The maximum absolute atomic E-state index is 9.80.